The Labute approximate surface area is 94.6 Å². The second kappa shape index (κ2) is 4.50. The van der Waals surface area contributed by atoms with Gasteiger partial charge in [0.15, 0.2) is 0 Å². The minimum Gasteiger partial charge on any atom is -0.316 e. The average Bonchev–Trinajstić information content (AvgIpc) is 2.65. The Kier molecular flexibility index (Phi) is 3.27. The van der Waals surface area contributed by atoms with Crippen molar-refractivity contribution in [1.82, 2.24) is 5.32 Å². The molecular weight excluding hydrogens is 213 g/mol. The van der Waals surface area contributed by atoms with Gasteiger partial charge in [0, 0.05) is 29.9 Å². The van der Waals surface area contributed by atoms with E-state index in [-0.39, 0.29) is 18.5 Å². The molecule has 0 amide bonds. The van der Waals surface area contributed by atoms with E-state index in [1.807, 2.05) is 25.1 Å². The van der Waals surface area contributed by atoms with Crippen molar-refractivity contribution in [2.75, 3.05) is 19.8 Å². The molecular formula is C12H15ClFN. The van der Waals surface area contributed by atoms with Crippen molar-refractivity contribution in [1.29, 1.82) is 0 Å². The van der Waals surface area contributed by atoms with Gasteiger partial charge in [0.05, 0.1) is 6.67 Å². The van der Waals surface area contributed by atoms with Gasteiger partial charge >= 0.3 is 0 Å². The zero-order valence-corrected chi connectivity index (χ0v) is 9.52. The van der Waals surface area contributed by atoms with Gasteiger partial charge < -0.3 is 5.32 Å². The first-order valence-electron chi connectivity index (χ1n) is 5.25. The van der Waals surface area contributed by atoms with E-state index in [2.05, 4.69) is 5.32 Å². The lowest BCUT2D eigenvalue weighted by molar-refractivity contribution is 0.358. The summed E-state index contributed by atoms with van der Waals surface area (Å²) in [7, 11) is 0. The topological polar surface area (TPSA) is 12.0 Å². The zero-order chi connectivity index (χ0) is 10.8. The van der Waals surface area contributed by atoms with Crippen LogP contribution in [0.15, 0.2) is 18.2 Å². The maximum Gasteiger partial charge on any atom is 0.0941 e. The molecule has 82 valence electrons. The fourth-order valence-corrected chi connectivity index (χ4v) is 2.57. The van der Waals surface area contributed by atoms with E-state index in [0.717, 1.165) is 29.2 Å². The molecule has 1 fully saturated rings. The van der Waals surface area contributed by atoms with Crippen LogP contribution in [0.25, 0.3) is 0 Å². The molecule has 1 aromatic carbocycles. The number of rotatable bonds is 2. The smallest absolute Gasteiger partial charge is 0.0941 e. The molecule has 1 aliphatic rings. The molecule has 2 unspecified atom stereocenters. The summed E-state index contributed by atoms with van der Waals surface area (Å²) in [5, 5.41) is 3.98. The van der Waals surface area contributed by atoms with Gasteiger partial charge in [-0.2, -0.15) is 0 Å². The highest BCUT2D eigenvalue weighted by Crippen LogP contribution is 2.33. The number of halogens is 2. The van der Waals surface area contributed by atoms with Crippen LogP contribution in [0.1, 0.15) is 17.0 Å². The van der Waals surface area contributed by atoms with Gasteiger partial charge in [-0.25, -0.2) is 0 Å². The lowest BCUT2D eigenvalue weighted by atomic mass is 9.89. The van der Waals surface area contributed by atoms with Gasteiger partial charge in [-0.05, 0) is 24.1 Å². The van der Waals surface area contributed by atoms with Gasteiger partial charge in [0.2, 0.25) is 0 Å². The number of alkyl halides is 1. The van der Waals surface area contributed by atoms with E-state index < -0.39 is 0 Å². The van der Waals surface area contributed by atoms with Crippen molar-refractivity contribution in [2.45, 2.75) is 12.8 Å². The number of aryl methyl sites for hydroxylation is 1. The van der Waals surface area contributed by atoms with Crippen LogP contribution in [0.3, 0.4) is 0 Å². The van der Waals surface area contributed by atoms with Gasteiger partial charge in [-0.3, -0.25) is 4.39 Å². The normalized spacial score (nSPS) is 25.8. The summed E-state index contributed by atoms with van der Waals surface area (Å²) in [6, 6.07) is 6.01. The fraction of sp³-hybridized carbons (Fsp3) is 0.500. The summed E-state index contributed by atoms with van der Waals surface area (Å²) in [5.41, 5.74) is 2.22. The van der Waals surface area contributed by atoms with Gasteiger partial charge in [-0.1, -0.05) is 23.7 Å². The molecule has 2 rings (SSSR count). The summed E-state index contributed by atoms with van der Waals surface area (Å²) in [6.07, 6.45) is 0. The van der Waals surface area contributed by atoms with E-state index >= 15 is 0 Å². The molecule has 2 atom stereocenters. The van der Waals surface area contributed by atoms with Crippen molar-refractivity contribution in [2.24, 2.45) is 5.92 Å². The summed E-state index contributed by atoms with van der Waals surface area (Å²) in [4.78, 5) is 0. The van der Waals surface area contributed by atoms with Crippen LogP contribution >= 0.6 is 11.6 Å². The molecule has 3 heteroatoms. The molecule has 0 radical (unpaired) electrons. The van der Waals surface area contributed by atoms with Crippen LogP contribution in [0.4, 0.5) is 4.39 Å². The largest absolute Gasteiger partial charge is 0.316 e. The van der Waals surface area contributed by atoms with E-state index in [4.69, 9.17) is 11.6 Å². The van der Waals surface area contributed by atoms with Crippen LogP contribution in [-0.4, -0.2) is 19.8 Å². The summed E-state index contributed by atoms with van der Waals surface area (Å²) < 4.78 is 12.8. The Morgan fingerprint density at radius 1 is 1.47 bits per heavy atom. The van der Waals surface area contributed by atoms with Crippen molar-refractivity contribution >= 4 is 11.6 Å². The van der Waals surface area contributed by atoms with Gasteiger partial charge in [0.25, 0.3) is 0 Å². The molecule has 1 heterocycles. The molecule has 0 aliphatic carbocycles. The second-order valence-corrected chi connectivity index (χ2v) is 4.61. The predicted molar refractivity (Wildman–Crippen MR) is 61.3 cm³/mol. The lowest BCUT2D eigenvalue weighted by Crippen LogP contribution is -2.13. The SMILES string of the molecule is Cc1ccc(C2CNCC2CF)c(Cl)c1. The Morgan fingerprint density at radius 2 is 2.27 bits per heavy atom. The highest BCUT2D eigenvalue weighted by molar-refractivity contribution is 6.31. The average molecular weight is 228 g/mol. The fourth-order valence-electron chi connectivity index (χ4n) is 2.19. The van der Waals surface area contributed by atoms with Crippen molar-refractivity contribution < 1.29 is 4.39 Å². The first kappa shape index (κ1) is 10.9. The third kappa shape index (κ3) is 2.16. The molecule has 1 saturated heterocycles. The van der Waals surface area contributed by atoms with Crippen LogP contribution < -0.4 is 5.32 Å². The van der Waals surface area contributed by atoms with Crippen molar-refractivity contribution in [3.05, 3.63) is 34.3 Å². The number of nitrogens with one attached hydrogen (secondary N) is 1. The van der Waals surface area contributed by atoms with Crippen molar-refractivity contribution in [3.63, 3.8) is 0 Å². The van der Waals surface area contributed by atoms with Crippen LogP contribution in [0.5, 0.6) is 0 Å². The van der Waals surface area contributed by atoms with Crippen LogP contribution in [0.2, 0.25) is 5.02 Å². The number of hydrogen-bond acceptors (Lipinski definition) is 1. The number of benzene rings is 1. The highest BCUT2D eigenvalue weighted by atomic mass is 35.5. The Morgan fingerprint density at radius 3 is 2.93 bits per heavy atom. The Balaban J connectivity index is 2.28. The molecule has 0 saturated carbocycles. The van der Waals surface area contributed by atoms with Gasteiger partial charge in [0.1, 0.15) is 0 Å². The molecule has 0 bridgehead atoms. The summed E-state index contributed by atoms with van der Waals surface area (Å²) >= 11 is 6.18. The molecule has 1 nitrogen and oxygen atoms in total. The maximum absolute atomic E-state index is 12.8. The third-order valence-electron chi connectivity index (χ3n) is 3.09. The Hall–Kier alpha value is -0.600. The first-order valence-corrected chi connectivity index (χ1v) is 5.63. The molecule has 1 N–H and O–H groups in total. The molecule has 1 aliphatic heterocycles. The number of hydrogen-bond donors (Lipinski definition) is 1. The van der Waals surface area contributed by atoms with Crippen LogP contribution in [0, 0.1) is 12.8 Å². The molecule has 15 heavy (non-hydrogen) atoms. The molecule has 0 aromatic heterocycles. The van der Waals surface area contributed by atoms with E-state index in [1.54, 1.807) is 0 Å². The van der Waals surface area contributed by atoms with Crippen LogP contribution in [-0.2, 0) is 0 Å². The van der Waals surface area contributed by atoms with Crippen molar-refractivity contribution in [3.8, 4) is 0 Å². The zero-order valence-electron chi connectivity index (χ0n) is 8.76. The second-order valence-electron chi connectivity index (χ2n) is 4.20. The predicted octanol–water partition coefficient (Wildman–Crippen LogP) is 2.92. The summed E-state index contributed by atoms with van der Waals surface area (Å²) in [5.74, 6) is 0.299. The third-order valence-corrected chi connectivity index (χ3v) is 3.42. The van der Waals surface area contributed by atoms with E-state index in [1.165, 1.54) is 0 Å². The minimum absolute atomic E-state index is 0.0743. The highest BCUT2D eigenvalue weighted by Gasteiger charge is 2.29. The monoisotopic (exact) mass is 227 g/mol. The van der Waals surface area contributed by atoms with Gasteiger partial charge in [-0.15, -0.1) is 0 Å². The summed E-state index contributed by atoms with van der Waals surface area (Å²) in [6.45, 7) is 3.32. The van der Waals surface area contributed by atoms with E-state index in [0.29, 0.717) is 0 Å². The molecule has 0 spiro atoms. The first-order chi connectivity index (χ1) is 7.22. The quantitative estimate of drug-likeness (QED) is 0.819. The minimum atomic E-state index is -0.276. The van der Waals surface area contributed by atoms with E-state index in [9.17, 15) is 4.39 Å². The maximum atomic E-state index is 12.8. The Bertz CT molecular complexity index is 353. The standard InChI is InChI=1S/C12H15ClFN/c1-8-2-3-10(12(13)4-8)11-7-15-6-9(11)5-14/h2-4,9,11,15H,5-7H2,1H3. The lowest BCUT2D eigenvalue weighted by Gasteiger charge is -2.17. The molecule has 1 aromatic rings.